The SMILES string of the molecule is O=C(CSc1nc2ccccc2s1)Nc1ccc(C(F)(F)F)cc1. The Morgan fingerprint density at radius 3 is 2.50 bits per heavy atom. The molecule has 0 aliphatic heterocycles. The molecule has 2 aromatic carbocycles. The largest absolute Gasteiger partial charge is 0.416 e. The van der Waals surface area contributed by atoms with Crippen LogP contribution in [0.5, 0.6) is 0 Å². The predicted molar refractivity (Wildman–Crippen MR) is 90.4 cm³/mol. The summed E-state index contributed by atoms with van der Waals surface area (Å²) in [5.41, 5.74) is 0.468. The van der Waals surface area contributed by atoms with Crippen LogP contribution in [0.4, 0.5) is 18.9 Å². The molecule has 0 aliphatic rings. The Labute approximate surface area is 143 Å². The Bertz CT molecular complexity index is 827. The molecule has 3 rings (SSSR count). The summed E-state index contributed by atoms with van der Waals surface area (Å²) in [7, 11) is 0. The first kappa shape index (κ1) is 16.8. The normalized spacial score (nSPS) is 11.6. The standard InChI is InChI=1S/C16H11F3N2OS2/c17-16(18,19)10-5-7-11(8-6-10)20-14(22)9-23-15-21-12-3-1-2-4-13(12)24-15/h1-8H,9H2,(H,20,22). The highest BCUT2D eigenvalue weighted by Gasteiger charge is 2.29. The molecule has 124 valence electrons. The van der Waals surface area contributed by atoms with E-state index in [1.807, 2.05) is 24.3 Å². The second-order valence-corrected chi connectivity index (χ2v) is 7.11. The smallest absolute Gasteiger partial charge is 0.325 e. The molecule has 0 saturated heterocycles. The summed E-state index contributed by atoms with van der Waals surface area (Å²) in [6, 6.07) is 12.0. The number of hydrogen-bond acceptors (Lipinski definition) is 4. The number of benzene rings is 2. The first-order valence-corrected chi connectivity index (χ1v) is 8.67. The van der Waals surface area contributed by atoms with Crippen LogP contribution in [0.25, 0.3) is 10.2 Å². The monoisotopic (exact) mass is 368 g/mol. The number of fused-ring (bicyclic) bond motifs is 1. The van der Waals surface area contributed by atoms with Gasteiger partial charge in [0.25, 0.3) is 0 Å². The number of nitrogens with one attached hydrogen (secondary N) is 1. The van der Waals surface area contributed by atoms with Gasteiger partial charge < -0.3 is 5.32 Å². The molecule has 0 aliphatic carbocycles. The second kappa shape index (κ2) is 6.82. The van der Waals surface area contributed by atoms with Gasteiger partial charge in [-0.25, -0.2) is 4.98 Å². The Morgan fingerprint density at radius 1 is 1.12 bits per heavy atom. The summed E-state index contributed by atoms with van der Waals surface area (Å²) in [5, 5.41) is 2.57. The molecule has 3 aromatic rings. The number of para-hydroxylation sites is 1. The Hall–Kier alpha value is -2.06. The lowest BCUT2D eigenvalue weighted by molar-refractivity contribution is -0.137. The van der Waals surface area contributed by atoms with Crippen LogP contribution in [-0.4, -0.2) is 16.6 Å². The number of thiazole rings is 1. The fourth-order valence-electron chi connectivity index (χ4n) is 1.98. The quantitative estimate of drug-likeness (QED) is 0.656. The van der Waals surface area contributed by atoms with Crippen LogP contribution < -0.4 is 5.32 Å². The number of anilines is 1. The Kier molecular flexibility index (Phi) is 4.77. The van der Waals surface area contributed by atoms with Crippen molar-refractivity contribution in [3.63, 3.8) is 0 Å². The molecular weight excluding hydrogens is 357 g/mol. The number of carbonyl (C=O) groups is 1. The van der Waals surface area contributed by atoms with Crippen molar-refractivity contribution in [1.29, 1.82) is 0 Å². The Balaban J connectivity index is 1.57. The highest BCUT2D eigenvalue weighted by Crippen LogP contribution is 2.31. The molecule has 1 heterocycles. The van der Waals surface area contributed by atoms with Gasteiger partial charge in [0.2, 0.25) is 5.91 Å². The van der Waals surface area contributed by atoms with E-state index in [9.17, 15) is 18.0 Å². The van der Waals surface area contributed by atoms with Crippen LogP contribution in [0.3, 0.4) is 0 Å². The maximum absolute atomic E-state index is 12.5. The number of hydrogen-bond donors (Lipinski definition) is 1. The minimum atomic E-state index is -4.38. The molecule has 8 heteroatoms. The molecule has 0 radical (unpaired) electrons. The van der Waals surface area contributed by atoms with Crippen LogP contribution in [0.1, 0.15) is 5.56 Å². The molecule has 0 saturated carbocycles. The van der Waals surface area contributed by atoms with Crippen molar-refractivity contribution in [2.45, 2.75) is 10.5 Å². The lowest BCUT2D eigenvalue weighted by atomic mass is 10.2. The third-order valence-electron chi connectivity index (χ3n) is 3.10. The molecule has 0 unspecified atom stereocenters. The van der Waals surface area contributed by atoms with E-state index < -0.39 is 11.7 Å². The van der Waals surface area contributed by atoms with Crippen molar-refractivity contribution in [1.82, 2.24) is 4.98 Å². The molecular formula is C16H11F3N2OS2. The fourth-order valence-corrected chi connectivity index (χ4v) is 3.85. The number of halogens is 3. The number of rotatable bonds is 4. The summed E-state index contributed by atoms with van der Waals surface area (Å²) < 4.78 is 39.3. The lowest BCUT2D eigenvalue weighted by Crippen LogP contribution is -2.14. The van der Waals surface area contributed by atoms with Crippen molar-refractivity contribution >= 4 is 44.9 Å². The molecule has 0 fully saturated rings. The third kappa shape index (κ3) is 4.07. The highest BCUT2D eigenvalue weighted by atomic mass is 32.2. The maximum atomic E-state index is 12.5. The highest BCUT2D eigenvalue weighted by molar-refractivity contribution is 8.01. The molecule has 1 N–H and O–H groups in total. The van der Waals surface area contributed by atoms with Gasteiger partial charge in [0.05, 0.1) is 21.5 Å². The average Bonchev–Trinajstić information content (AvgIpc) is 2.95. The first-order chi connectivity index (χ1) is 11.4. The van der Waals surface area contributed by atoms with Gasteiger partial charge >= 0.3 is 6.18 Å². The van der Waals surface area contributed by atoms with Crippen molar-refractivity contribution in [2.24, 2.45) is 0 Å². The van der Waals surface area contributed by atoms with Crippen LogP contribution in [0.15, 0.2) is 52.9 Å². The van der Waals surface area contributed by atoms with Gasteiger partial charge in [0.15, 0.2) is 4.34 Å². The van der Waals surface area contributed by atoms with E-state index in [4.69, 9.17) is 0 Å². The van der Waals surface area contributed by atoms with Crippen LogP contribution >= 0.6 is 23.1 Å². The summed E-state index contributed by atoms with van der Waals surface area (Å²) in [6.07, 6.45) is -4.38. The summed E-state index contributed by atoms with van der Waals surface area (Å²) in [6.45, 7) is 0. The zero-order chi connectivity index (χ0) is 17.2. The van der Waals surface area contributed by atoms with Crippen LogP contribution in [-0.2, 0) is 11.0 Å². The van der Waals surface area contributed by atoms with E-state index in [0.29, 0.717) is 5.69 Å². The van der Waals surface area contributed by atoms with E-state index in [2.05, 4.69) is 10.3 Å². The fraction of sp³-hybridized carbons (Fsp3) is 0.125. The minimum Gasteiger partial charge on any atom is -0.325 e. The summed E-state index contributed by atoms with van der Waals surface area (Å²) >= 11 is 2.79. The van der Waals surface area contributed by atoms with Crippen molar-refractivity contribution in [3.8, 4) is 0 Å². The van der Waals surface area contributed by atoms with Crippen molar-refractivity contribution in [2.75, 3.05) is 11.1 Å². The Morgan fingerprint density at radius 2 is 1.83 bits per heavy atom. The van der Waals surface area contributed by atoms with E-state index in [1.54, 1.807) is 0 Å². The van der Waals surface area contributed by atoms with E-state index in [-0.39, 0.29) is 11.7 Å². The second-order valence-electron chi connectivity index (χ2n) is 4.86. The van der Waals surface area contributed by atoms with Gasteiger partial charge in [-0.1, -0.05) is 23.9 Å². The minimum absolute atomic E-state index is 0.140. The third-order valence-corrected chi connectivity index (χ3v) is 5.28. The predicted octanol–water partition coefficient (Wildman–Crippen LogP) is 5.05. The zero-order valence-corrected chi connectivity index (χ0v) is 13.8. The molecule has 0 spiro atoms. The molecule has 0 atom stereocenters. The van der Waals surface area contributed by atoms with Crippen molar-refractivity contribution in [3.05, 3.63) is 54.1 Å². The topological polar surface area (TPSA) is 42.0 Å². The number of thioether (sulfide) groups is 1. The number of nitrogens with zero attached hydrogens (tertiary/aromatic N) is 1. The molecule has 3 nitrogen and oxygen atoms in total. The number of alkyl halides is 3. The molecule has 1 amide bonds. The van der Waals surface area contributed by atoms with Gasteiger partial charge in [-0.05, 0) is 36.4 Å². The average molecular weight is 368 g/mol. The van der Waals surface area contributed by atoms with Gasteiger partial charge in [-0.3, -0.25) is 4.79 Å². The number of carbonyl (C=O) groups excluding carboxylic acids is 1. The first-order valence-electron chi connectivity index (χ1n) is 6.87. The molecule has 24 heavy (non-hydrogen) atoms. The van der Waals surface area contributed by atoms with Crippen LogP contribution in [0.2, 0.25) is 0 Å². The number of aromatic nitrogens is 1. The van der Waals surface area contributed by atoms with Crippen LogP contribution in [0, 0.1) is 0 Å². The summed E-state index contributed by atoms with van der Waals surface area (Å²) in [4.78, 5) is 16.3. The summed E-state index contributed by atoms with van der Waals surface area (Å²) in [5.74, 6) is -0.153. The van der Waals surface area contributed by atoms with E-state index in [0.717, 1.165) is 26.7 Å². The zero-order valence-electron chi connectivity index (χ0n) is 12.1. The number of amides is 1. The maximum Gasteiger partial charge on any atom is 0.416 e. The van der Waals surface area contributed by atoms with Gasteiger partial charge in [-0.15, -0.1) is 11.3 Å². The van der Waals surface area contributed by atoms with E-state index in [1.165, 1.54) is 35.2 Å². The molecule has 0 bridgehead atoms. The van der Waals surface area contributed by atoms with E-state index >= 15 is 0 Å². The van der Waals surface area contributed by atoms with Crippen molar-refractivity contribution < 1.29 is 18.0 Å². The van der Waals surface area contributed by atoms with Gasteiger partial charge in [0.1, 0.15) is 0 Å². The molecule has 1 aromatic heterocycles. The van der Waals surface area contributed by atoms with Gasteiger partial charge in [0, 0.05) is 5.69 Å². The lowest BCUT2D eigenvalue weighted by Gasteiger charge is -2.08. The van der Waals surface area contributed by atoms with Gasteiger partial charge in [-0.2, -0.15) is 13.2 Å².